The van der Waals surface area contributed by atoms with Gasteiger partial charge in [0.15, 0.2) is 0 Å². The molecule has 1 aliphatic heterocycles. The van der Waals surface area contributed by atoms with Crippen LogP contribution in [0.15, 0.2) is 0 Å². The first-order valence-electron chi connectivity index (χ1n) is 5.35. The van der Waals surface area contributed by atoms with Crippen LogP contribution in [0.1, 0.15) is 26.2 Å². The molecule has 1 atom stereocenters. The van der Waals surface area contributed by atoms with E-state index in [4.69, 9.17) is 5.11 Å². The Bertz CT molecular complexity index is 303. The Balaban J connectivity index is 2.47. The van der Waals surface area contributed by atoms with Gasteiger partial charge in [-0.05, 0) is 12.8 Å². The molecule has 0 aliphatic carbocycles. The molecule has 2 amide bonds. The van der Waals surface area contributed by atoms with Crippen molar-refractivity contribution >= 4 is 17.8 Å². The topological polar surface area (TPSA) is 86.7 Å². The van der Waals surface area contributed by atoms with Crippen LogP contribution in [0, 0.1) is 0 Å². The summed E-state index contributed by atoms with van der Waals surface area (Å²) in [5.41, 5.74) is 0. The molecule has 0 aromatic carbocycles. The van der Waals surface area contributed by atoms with Crippen molar-refractivity contribution in [3.63, 3.8) is 0 Å². The summed E-state index contributed by atoms with van der Waals surface area (Å²) in [5, 5.41) is 11.3. The molecule has 1 aliphatic rings. The van der Waals surface area contributed by atoms with Crippen LogP contribution >= 0.6 is 0 Å². The second-order valence-corrected chi connectivity index (χ2v) is 3.71. The molecule has 1 heterocycles. The molecule has 0 aromatic rings. The Morgan fingerprint density at radius 3 is 2.69 bits per heavy atom. The molecule has 90 valence electrons. The van der Waals surface area contributed by atoms with E-state index in [0.717, 1.165) is 0 Å². The molecule has 1 rings (SSSR count). The molecule has 16 heavy (non-hydrogen) atoms. The van der Waals surface area contributed by atoms with Crippen LogP contribution in [-0.2, 0) is 14.4 Å². The molecule has 6 heteroatoms. The first-order chi connectivity index (χ1) is 7.56. The summed E-state index contributed by atoms with van der Waals surface area (Å²) in [7, 11) is 0. The van der Waals surface area contributed by atoms with Crippen molar-refractivity contribution in [1.82, 2.24) is 10.2 Å². The molecule has 6 nitrogen and oxygen atoms in total. The number of carbonyl (C=O) groups is 3. The first kappa shape index (κ1) is 12.5. The lowest BCUT2D eigenvalue weighted by Gasteiger charge is -2.21. The SMILES string of the molecule is CCC(=O)NCC(=O)N1CCC[C@H]1C(=O)O. The summed E-state index contributed by atoms with van der Waals surface area (Å²) in [5.74, 6) is -1.52. The van der Waals surface area contributed by atoms with Crippen LogP contribution in [0.3, 0.4) is 0 Å². The highest BCUT2D eigenvalue weighted by Gasteiger charge is 2.33. The minimum atomic E-state index is -0.979. The number of likely N-dealkylation sites (tertiary alicyclic amines) is 1. The van der Waals surface area contributed by atoms with E-state index in [0.29, 0.717) is 25.8 Å². The quantitative estimate of drug-likeness (QED) is 0.684. The van der Waals surface area contributed by atoms with Gasteiger partial charge in [0.05, 0.1) is 6.54 Å². The lowest BCUT2D eigenvalue weighted by molar-refractivity contribution is -0.148. The maximum absolute atomic E-state index is 11.6. The van der Waals surface area contributed by atoms with Gasteiger partial charge in [-0.1, -0.05) is 6.92 Å². The number of hydrogen-bond acceptors (Lipinski definition) is 3. The summed E-state index contributed by atoms with van der Waals surface area (Å²) < 4.78 is 0. The van der Waals surface area contributed by atoms with E-state index in [2.05, 4.69) is 5.32 Å². The Hall–Kier alpha value is -1.59. The molecule has 2 N–H and O–H groups in total. The number of nitrogens with one attached hydrogen (secondary N) is 1. The van der Waals surface area contributed by atoms with Crippen molar-refractivity contribution in [2.75, 3.05) is 13.1 Å². The van der Waals surface area contributed by atoms with Gasteiger partial charge in [0, 0.05) is 13.0 Å². The van der Waals surface area contributed by atoms with Gasteiger partial charge >= 0.3 is 5.97 Å². The largest absolute Gasteiger partial charge is 0.480 e. The van der Waals surface area contributed by atoms with Crippen molar-refractivity contribution in [3.8, 4) is 0 Å². The molecular formula is C10H16N2O4. The molecular weight excluding hydrogens is 212 g/mol. The molecule has 0 saturated carbocycles. The fourth-order valence-electron chi connectivity index (χ4n) is 1.72. The zero-order valence-corrected chi connectivity index (χ0v) is 9.23. The van der Waals surface area contributed by atoms with Gasteiger partial charge in [-0.2, -0.15) is 0 Å². The van der Waals surface area contributed by atoms with Gasteiger partial charge < -0.3 is 15.3 Å². The molecule has 0 unspecified atom stereocenters. The lowest BCUT2D eigenvalue weighted by Crippen LogP contribution is -2.45. The number of hydrogen-bond donors (Lipinski definition) is 2. The van der Waals surface area contributed by atoms with Gasteiger partial charge in [-0.15, -0.1) is 0 Å². The minimum absolute atomic E-state index is 0.115. The second kappa shape index (κ2) is 5.48. The van der Waals surface area contributed by atoms with E-state index >= 15 is 0 Å². The summed E-state index contributed by atoms with van der Waals surface area (Å²) in [6, 6.07) is -0.731. The Kier molecular flexibility index (Phi) is 4.28. The highest BCUT2D eigenvalue weighted by molar-refractivity contribution is 5.88. The highest BCUT2D eigenvalue weighted by atomic mass is 16.4. The van der Waals surface area contributed by atoms with E-state index in [1.807, 2.05) is 0 Å². The number of aliphatic carboxylic acids is 1. The smallest absolute Gasteiger partial charge is 0.326 e. The minimum Gasteiger partial charge on any atom is -0.480 e. The van der Waals surface area contributed by atoms with E-state index in [1.165, 1.54) is 4.90 Å². The number of nitrogens with zero attached hydrogens (tertiary/aromatic N) is 1. The lowest BCUT2D eigenvalue weighted by atomic mass is 10.2. The Labute approximate surface area is 93.6 Å². The summed E-state index contributed by atoms with van der Waals surface area (Å²) >= 11 is 0. The van der Waals surface area contributed by atoms with Crippen molar-refractivity contribution in [2.45, 2.75) is 32.2 Å². The predicted octanol–water partition coefficient (Wildman–Crippen LogP) is -0.412. The van der Waals surface area contributed by atoms with Crippen LogP contribution in [0.5, 0.6) is 0 Å². The van der Waals surface area contributed by atoms with Crippen molar-refractivity contribution < 1.29 is 19.5 Å². The molecule has 1 saturated heterocycles. The number of carbonyl (C=O) groups excluding carboxylic acids is 2. The van der Waals surface area contributed by atoms with Crippen LogP contribution in [0.25, 0.3) is 0 Å². The number of carboxylic acid groups (broad SMARTS) is 1. The average molecular weight is 228 g/mol. The number of rotatable bonds is 4. The van der Waals surface area contributed by atoms with Crippen molar-refractivity contribution in [2.24, 2.45) is 0 Å². The monoisotopic (exact) mass is 228 g/mol. The van der Waals surface area contributed by atoms with E-state index in [1.54, 1.807) is 6.92 Å². The number of carboxylic acids is 1. The van der Waals surface area contributed by atoms with Gasteiger partial charge in [0.2, 0.25) is 11.8 Å². The fraction of sp³-hybridized carbons (Fsp3) is 0.700. The molecule has 0 aromatic heterocycles. The third-order valence-electron chi connectivity index (χ3n) is 2.62. The maximum Gasteiger partial charge on any atom is 0.326 e. The summed E-state index contributed by atoms with van der Waals surface area (Å²) in [6.45, 7) is 2.03. The van der Waals surface area contributed by atoms with Crippen molar-refractivity contribution in [3.05, 3.63) is 0 Å². The van der Waals surface area contributed by atoms with Gasteiger partial charge in [-0.25, -0.2) is 4.79 Å². The second-order valence-electron chi connectivity index (χ2n) is 3.71. The Morgan fingerprint density at radius 1 is 1.44 bits per heavy atom. The number of amides is 2. The predicted molar refractivity (Wildman–Crippen MR) is 55.7 cm³/mol. The van der Waals surface area contributed by atoms with Crippen molar-refractivity contribution in [1.29, 1.82) is 0 Å². The summed E-state index contributed by atoms with van der Waals surface area (Å²) in [6.07, 6.45) is 1.50. The molecule has 1 fully saturated rings. The van der Waals surface area contributed by atoms with Crippen LogP contribution in [0.4, 0.5) is 0 Å². The fourth-order valence-corrected chi connectivity index (χ4v) is 1.72. The van der Waals surface area contributed by atoms with Gasteiger partial charge in [0.25, 0.3) is 0 Å². The highest BCUT2D eigenvalue weighted by Crippen LogP contribution is 2.17. The standard InChI is InChI=1S/C10H16N2O4/c1-2-8(13)11-6-9(14)12-5-3-4-7(12)10(15)16/h7H,2-6H2,1H3,(H,11,13)(H,15,16)/t7-/m0/s1. The van der Waals surface area contributed by atoms with E-state index in [-0.39, 0.29) is 18.4 Å². The third-order valence-corrected chi connectivity index (χ3v) is 2.62. The molecule has 0 bridgehead atoms. The van der Waals surface area contributed by atoms with Gasteiger partial charge in [0.1, 0.15) is 6.04 Å². The van der Waals surface area contributed by atoms with E-state index in [9.17, 15) is 14.4 Å². The zero-order chi connectivity index (χ0) is 12.1. The normalized spacial score (nSPS) is 19.6. The Morgan fingerprint density at radius 2 is 2.12 bits per heavy atom. The first-order valence-corrected chi connectivity index (χ1v) is 5.35. The molecule has 0 radical (unpaired) electrons. The van der Waals surface area contributed by atoms with Crippen LogP contribution < -0.4 is 5.32 Å². The van der Waals surface area contributed by atoms with Gasteiger partial charge in [-0.3, -0.25) is 9.59 Å². The summed E-state index contributed by atoms with van der Waals surface area (Å²) in [4.78, 5) is 34.7. The average Bonchev–Trinajstić information content (AvgIpc) is 2.74. The third kappa shape index (κ3) is 2.95. The molecule has 0 spiro atoms. The van der Waals surface area contributed by atoms with Crippen LogP contribution in [-0.4, -0.2) is 46.9 Å². The zero-order valence-electron chi connectivity index (χ0n) is 9.23. The maximum atomic E-state index is 11.6. The van der Waals surface area contributed by atoms with E-state index < -0.39 is 12.0 Å². The van der Waals surface area contributed by atoms with Crippen LogP contribution in [0.2, 0.25) is 0 Å².